The van der Waals surface area contributed by atoms with Gasteiger partial charge in [-0.1, -0.05) is 19.4 Å². The number of aliphatic hydroxyl groups excluding tert-OH is 1. The van der Waals surface area contributed by atoms with Crippen LogP contribution in [0.3, 0.4) is 0 Å². The van der Waals surface area contributed by atoms with Crippen LogP contribution < -0.4 is 5.32 Å². The van der Waals surface area contributed by atoms with Gasteiger partial charge in [0.1, 0.15) is 5.58 Å². The molecule has 0 aliphatic heterocycles. The minimum absolute atomic E-state index is 0.0523. The van der Waals surface area contributed by atoms with Crippen molar-refractivity contribution in [2.45, 2.75) is 32.4 Å². The highest BCUT2D eigenvalue weighted by atomic mass is 16.4. The quantitative estimate of drug-likeness (QED) is 0.723. The van der Waals surface area contributed by atoms with Crippen LogP contribution in [0.5, 0.6) is 0 Å². The first kappa shape index (κ1) is 14.6. The highest BCUT2D eigenvalue weighted by molar-refractivity contribution is 5.91. The highest BCUT2D eigenvalue weighted by Gasteiger charge is 2.10. The van der Waals surface area contributed by atoms with Gasteiger partial charge in [-0.3, -0.25) is 0 Å². The fraction of sp³-hybridized carbons (Fsp3) is 0.400. The first-order valence-electron chi connectivity index (χ1n) is 6.74. The van der Waals surface area contributed by atoms with Crippen LogP contribution in [0.2, 0.25) is 0 Å². The average Bonchev–Trinajstić information content (AvgIpc) is 2.82. The molecule has 1 aromatic heterocycles. The predicted octanol–water partition coefficient (Wildman–Crippen LogP) is 2.38. The van der Waals surface area contributed by atoms with Gasteiger partial charge in [-0.15, -0.1) is 0 Å². The molecule has 5 heteroatoms. The Balaban J connectivity index is 1.99. The van der Waals surface area contributed by atoms with E-state index < -0.39 is 5.97 Å². The fourth-order valence-electron chi connectivity index (χ4n) is 2.13. The number of nitrogens with one attached hydrogen (secondary N) is 1. The van der Waals surface area contributed by atoms with Gasteiger partial charge < -0.3 is 19.9 Å². The molecule has 0 fully saturated rings. The molecule has 0 radical (unpaired) electrons. The average molecular weight is 277 g/mol. The smallest absolute Gasteiger partial charge is 0.371 e. The van der Waals surface area contributed by atoms with Gasteiger partial charge in [-0.25, -0.2) is 4.79 Å². The van der Waals surface area contributed by atoms with E-state index in [-0.39, 0.29) is 11.9 Å². The number of aliphatic hydroxyl groups is 1. The van der Waals surface area contributed by atoms with E-state index in [1.807, 2.05) is 19.1 Å². The van der Waals surface area contributed by atoms with Gasteiger partial charge in [0, 0.05) is 18.5 Å². The Kier molecular flexibility index (Phi) is 4.76. The van der Waals surface area contributed by atoms with Crippen molar-refractivity contribution in [1.29, 1.82) is 0 Å². The van der Waals surface area contributed by atoms with Crippen LogP contribution in [0.15, 0.2) is 28.7 Å². The molecule has 0 bridgehead atoms. The molecule has 20 heavy (non-hydrogen) atoms. The number of carboxylic acid groups (broad SMARTS) is 1. The lowest BCUT2D eigenvalue weighted by Crippen LogP contribution is -2.26. The summed E-state index contributed by atoms with van der Waals surface area (Å²) in [4.78, 5) is 10.8. The first-order chi connectivity index (χ1) is 9.60. The Bertz CT molecular complexity index is 591. The van der Waals surface area contributed by atoms with Crippen molar-refractivity contribution in [3.63, 3.8) is 0 Å². The van der Waals surface area contributed by atoms with Crippen LogP contribution in [-0.4, -0.2) is 28.8 Å². The maximum absolute atomic E-state index is 10.8. The van der Waals surface area contributed by atoms with Gasteiger partial charge in [-0.2, -0.15) is 0 Å². The molecule has 2 rings (SSSR count). The molecule has 0 aliphatic rings. The predicted molar refractivity (Wildman–Crippen MR) is 75.8 cm³/mol. The monoisotopic (exact) mass is 277 g/mol. The molecule has 3 N–H and O–H groups in total. The third-order valence-electron chi connectivity index (χ3n) is 3.12. The molecule has 1 aromatic carbocycles. The van der Waals surface area contributed by atoms with Crippen LogP contribution in [0.1, 0.15) is 35.9 Å². The number of hydrogen-bond donors (Lipinski definition) is 3. The summed E-state index contributed by atoms with van der Waals surface area (Å²) in [5.74, 6) is -1.12. The second kappa shape index (κ2) is 6.54. The second-order valence-corrected chi connectivity index (χ2v) is 4.86. The van der Waals surface area contributed by atoms with Gasteiger partial charge >= 0.3 is 5.97 Å². The van der Waals surface area contributed by atoms with Crippen molar-refractivity contribution in [1.82, 2.24) is 5.32 Å². The zero-order valence-corrected chi connectivity index (χ0v) is 11.4. The number of aromatic carboxylic acids is 1. The van der Waals surface area contributed by atoms with Crippen molar-refractivity contribution in [3.05, 3.63) is 35.6 Å². The van der Waals surface area contributed by atoms with E-state index in [0.717, 1.165) is 23.8 Å². The number of carboxylic acids is 1. The van der Waals surface area contributed by atoms with Gasteiger partial charge in [0.2, 0.25) is 5.76 Å². The zero-order chi connectivity index (χ0) is 14.5. The van der Waals surface area contributed by atoms with E-state index in [9.17, 15) is 9.90 Å². The summed E-state index contributed by atoms with van der Waals surface area (Å²) in [5.41, 5.74) is 1.59. The Morgan fingerprint density at radius 1 is 1.40 bits per heavy atom. The van der Waals surface area contributed by atoms with Crippen molar-refractivity contribution in [2.75, 3.05) is 6.54 Å². The Labute approximate surface area is 117 Å². The minimum atomic E-state index is -1.07. The maximum atomic E-state index is 10.8. The fourth-order valence-corrected chi connectivity index (χ4v) is 2.13. The van der Waals surface area contributed by atoms with E-state index in [1.165, 1.54) is 6.07 Å². The molecule has 1 atom stereocenters. The highest BCUT2D eigenvalue weighted by Crippen LogP contribution is 2.20. The zero-order valence-electron chi connectivity index (χ0n) is 11.4. The molecular weight excluding hydrogens is 258 g/mol. The Morgan fingerprint density at radius 2 is 2.20 bits per heavy atom. The standard InChI is InChI=1S/C15H19NO4/c1-2-3-12(17)9-16-8-10-4-5-13-11(6-10)7-14(20-13)15(18)19/h4-7,12,16-17H,2-3,8-9H2,1H3,(H,18,19). The van der Waals surface area contributed by atoms with Crippen molar-refractivity contribution in [3.8, 4) is 0 Å². The molecule has 0 aliphatic carbocycles. The summed E-state index contributed by atoms with van der Waals surface area (Å²) in [5, 5.41) is 22.5. The molecule has 1 heterocycles. The molecule has 0 amide bonds. The molecule has 0 saturated carbocycles. The number of furan rings is 1. The van der Waals surface area contributed by atoms with E-state index in [4.69, 9.17) is 9.52 Å². The molecule has 0 spiro atoms. The number of hydrogen-bond acceptors (Lipinski definition) is 4. The first-order valence-corrected chi connectivity index (χ1v) is 6.74. The largest absolute Gasteiger partial charge is 0.475 e. The Hall–Kier alpha value is -1.85. The van der Waals surface area contributed by atoms with Gasteiger partial charge in [0.25, 0.3) is 0 Å². The molecule has 108 valence electrons. The lowest BCUT2D eigenvalue weighted by molar-refractivity contribution is 0.0665. The molecule has 1 unspecified atom stereocenters. The maximum Gasteiger partial charge on any atom is 0.371 e. The van der Waals surface area contributed by atoms with Crippen LogP contribution >= 0.6 is 0 Å². The summed E-state index contributed by atoms with van der Waals surface area (Å²) in [7, 11) is 0. The molecule has 2 aromatic rings. The summed E-state index contributed by atoms with van der Waals surface area (Å²) < 4.78 is 5.20. The summed E-state index contributed by atoms with van der Waals surface area (Å²) >= 11 is 0. The van der Waals surface area contributed by atoms with Crippen molar-refractivity contribution < 1.29 is 19.4 Å². The van der Waals surface area contributed by atoms with Crippen LogP contribution in [-0.2, 0) is 6.54 Å². The lowest BCUT2D eigenvalue weighted by Gasteiger charge is -2.10. The van der Waals surface area contributed by atoms with Crippen molar-refractivity contribution >= 4 is 16.9 Å². The van der Waals surface area contributed by atoms with E-state index in [2.05, 4.69) is 5.32 Å². The SMILES string of the molecule is CCCC(O)CNCc1ccc2oc(C(=O)O)cc2c1. The second-order valence-electron chi connectivity index (χ2n) is 4.86. The number of rotatable bonds is 7. The summed E-state index contributed by atoms with van der Waals surface area (Å²) in [6.45, 7) is 3.22. The Morgan fingerprint density at radius 3 is 2.90 bits per heavy atom. The third-order valence-corrected chi connectivity index (χ3v) is 3.12. The normalized spacial score (nSPS) is 12.7. The van der Waals surface area contributed by atoms with Crippen LogP contribution in [0.4, 0.5) is 0 Å². The molecule has 5 nitrogen and oxygen atoms in total. The number of carbonyl (C=O) groups is 1. The summed E-state index contributed by atoms with van der Waals surface area (Å²) in [6, 6.07) is 7.06. The number of fused-ring (bicyclic) bond motifs is 1. The summed E-state index contributed by atoms with van der Waals surface area (Å²) in [6.07, 6.45) is 1.42. The van der Waals surface area contributed by atoms with Crippen LogP contribution in [0, 0.1) is 0 Å². The molecular formula is C15H19NO4. The van der Waals surface area contributed by atoms with Gasteiger partial charge in [0.05, 0.1) is 6.10 Å². The number of benzene rings is 1. The third kappa shape index (κ3) is 3.59. The molecule has 0 saturated heterocycles. The topological polar surface area (TPSA) is 82.7 Å². The van der Waals surface area contributed by atoms with Gasteiger partial charge in [0.15, 0.2) is 0 Å². The lowest BCUT2D eigenvalue weighted by atomic mass is 10.1. The van der Waals surface area contributed by atoms with Crippen molar-refractivity contribution in [2.24, 2.45) is 0 Å². The van der Waals surface area contributed by atoms with E-state index >= 15 is 0 Å². The van der Waals surface area contributed by atoms with E-state index in [1.54, 1.807) is 6.07 Å². The van der Waals surface area contributed by atoms with Gasteiger partial charge in [-0.05, 0) is 30.2 Å². The van der Waals surface area contributed by atoms with Crippen LogP contribution in [0.25, 0.3) is 11.0 Å². The minimum Gasteiger partial charge on any atom is -0.475 e. The van der Waals surface area contributed by atoms with E-state index in [0.29, 0.717) is 18.7 Å².